The van der Waals surface area contributed by atoms with Crippen LogP contribution in [0.15, 0.2) is 47.4 Å². The zero-order chi connectivity index (χ0) is 19.7. The Bertz CT molecular complexity index is 1140. The minimum absolute atomic E-state index is 0.166. The van der Waals surface area contributed by atoms with Crippen LogP contribution in [0.3, 0.4) is 0 Å². The SMILES string of the molecule is CC(=O)Nc1nc2ccc(-c3cccc(S(=O)(=O)N4CCOCC4)c3)cc2s1. The summed E-state index contributed by atoms with van der Waals surface area (Å²) in [6.07, 6.45) is 0. The van der Waals surface area contributed by atoms with Crippen LogP contribution in [-0.2, 0) is 19.6 Å². The van der Waals surface area contributed by atoms with Gasteiger partial charge in [-0.1, -0.05) is 29.5 Å². The molecule has 0 atom stereocenters. The molecule has 0 radical (unpaired) electrons. The molecule has 1 fully saturated rings. The van der Waals surface area contributed by atoms with E-state index in [2.05, 4.69) is 10.3 Å². The van der Waals surface area contributed by atoms with Crippen LogP contribution in [-0.4, -0.2) is 49.9 Å². The van der Waals surface area contributed by atoms with Crippen molar-refractivity contribution in [2.24, 2.45) is 0 Å². The molecule has 0 saturated carbocycles. The standard InChI is InChI=1S/C19H19N3O4S2/c1-13(23)20-19-21-17-6-5-15(12-18(17)27-19)14-3-2-4-16(11-14)28(24,25)22-7-9-26-10-8-22/h2-6,11-12H,7-10H2,1H3,(H,20,21,23). The molecule has 1 saturated heterocycles. The van der Waals surface area contributed by atoms with Crippen molar-refractivity contribution in [2.45, 2.75) is 11.8 Å². The maximum Gasteiger partial charge on any atom is 0.243 e. The van der Waals surface area contributed by atoms with Gasteiger partial charge in [0.15, 0.2) is 5.13 Å². The smallest absolute Gasteiger partial charge is 0.243 e. The molecular weight excluding hydrogens is 398 g/mol. The second-order valence-corrected chi connectivity index (χ2v) is 9.40. The molecule has 1 N–H and O–H groups in total. The molecule has 0 spiro atoms. The quantitative estimate of drug-likeness (QED) is 0.705. The number of hydrogen-bond donors (Lipinski definition) is 1. The zero-order valence-electron chi connectivity index (χ0n) is 15.2. The fourth-order valence-corrected chi connectivity index (χ4v) is 5.49. The number of sulfonamides is 1. The van der Waals surface area contributed by atoms with Gasteiger partial charge in [-0.2, -0.15) is 4.31 Å². The van der Waals surface area contributed by atoms with Gasteiger partial charge in [-0.05, 0) is 35.4 Å². The van der Waals surface area contributed by atoms with Crippen molar-refractivity contribution in [2.75, 3.05) is 31.6 Å². The van der Waals surface area contributed by atoms with Gasteiger partial charge in [-0.25, -0.2) is 13.4 Å². The number of morpholine rings is 1. The molecule has 2 heterocycles. The summed E-state index contributed by atoms with van der Waals surface area (Å²) in [6, 6.07) is 12.7. The van der Waals surface area contributed by atoms with Gasteiger partial charge < -0.3 is 10.1 Å². The Morgan fingerprint density at radius 1 is 1.14 bits per heavy atom. The average molecular weight is 418 g/mol. The van der Waals surface area contributed by atoms with Gasteiger partial charge in [0.2, 0.25) is 15.9 Å². The Labute approximate surface area is 167 Å². The number of amides is 1. The van der Waals surface area contributed by atoms with Crippen LogP contribution in [0.1, 0.15) is 6.92 Å². The molecule has 1 aromatic heterocycles. The van der Waals surface area contributed by atoms with E-state index in [0.717, 1.165) is 21.3 Å². The molecule has 0 bridgehead atoms. The number of aromatic nitrogens is 1. The Morgan fingerprint density at radius 3 is 2.64 bits per heavy atom. The van der Waals surface area contributed by atoms with E-state index >= 15 is 0 Å². The first kappa shape index (κ1) is 19.0. The third kappa shape index (κ3) is 3.79. The van der Waals surface area contributed by atoms with Crippen LogP contribution >= 0.6 is 11.3 Å². The lowest BCUT2D eigenvalue weighted by Crippen LogP contribution is -2.40. The molecule has 1 aliphatic rings. The molecule has 0 aliphatic carbocycles. The Balaban J connectivity index is 1.68. The normalized spacial score (nSPS) is 15.6. The van der Waals surface area contributed by atoms with E-state index in [-0.39, 0.29) is 10.8 Å². The van der Waals surface area contributed by atoms with Crippen molar-refractivity contribution < 1.29 is 17.9 Å². The van der Waals surface area contributed by atoms with E-state index < -0.39 is 10.0 Å². The fraction of sp³-hybridized carbons (Fsp3) is 0.263. The summed E-state index contributed by atoms with van der Waals surface area (Å²) >= 11 is 1.38. The van der Waals surface area contributed by atoms with Crippen LogP contribution in [0.5, 0.6) is 0 Å². The van der Waals surface area contributed by atoms with E-state index in [9.17, 15) is 13.2 Å². The summed E-state index contributed by atoms with van der Waals surface area (Å²) in [5.74, 6) is -0.166. The third-order valence-electron chi connectivity index (χ3n) is 4.45. The first-order valence-corrected chi connectivity index (χ1v) is 11.1. The number of carbonyl (C=O) groups is 1. The number of nitrogens with one attached hydrogen (secondary N) is 1. The van der Waals surface area contributed by atoms with Crippen LogP contribution in [0.4, 0.5) is 5.13 Å². The van der Waals surface area contributed by atoms with E-state index in [1.807, 2.05) is 24.3 Å². The van der Waals surface area contributed by atoms with Crippen LogP contribution in [0.25, 0.3) is 21.3 Å². The molecule has 0 unspecified atom stereocenters. The Hall–Kier alpha value is -2.33. The minimum atomic E-state index is -3.55. The second-order valence-electron chi connectivity index (χ2n) is 6.43. The third-order valence-corrected chi connectivity index (χ3v) is 7.27. The molecule has 2 aromatic carbocycles. The van der Waals surface area contributed by atoms with E-state index in [1.165, 1.54) is 22.6 Å². The van der Waals surface area contributed by atoms with Crippen molar-refractivity contribution in [3.05, 3.63) is 42.5 Å². The number of thiazole rings is 1. The van der Waals surface area contributed by atoms with Gasteiger partial charge in [0, 0.05) is 20.0 Å². The molecule has 3 aromatic rings. The summed E-state index contributed by atoms with van der Waals surface area (Å²) in [6.45, 7) is 3.00. The van der Waals surface area contributed by atoms with Crippen molar-refractivity contribution in [3.63, 3.8) is 0 Å². The Morgan fingerprint density at radius 2 is 1.89 bits per heavy atom. The number of rotatable bonds is 4. The molecule has 4 rings (SSSR count). The highest BCUT2D eigenvalue weighted by atomic mass is 32.2. The van der Waals surface area contributed by atoms with E-state index in [1.54, 1.807) is 18.2 Å². The van der Waals surface area contributed by atoms with Gasteiger partial charge in [0.25, 0.3) is 0 Å². The number of nitrogens with zero attached hydrogens (tertiary/aromatic N) is 2. The number of anilines is 1. The fourth-order valence-electron chi connectivity index (χ4n) is 3.08. The minimum Gasteiger partial charge on any atom is -0.379 e. The number of hydrogen-bond acceptors (Lipinski definition) is 6. The van der Waals surface area contributed by atoms with Crippen molar-refractivity contribution >= 4 is 42.6 Å². The van der Waals surface area contributed by atoms with Crippen LogP contribution < -0.4 is 5.32 Å². The van der Waals surface area contributed by atoms with Crippen molar-refractivity contribution in [1.29, 1.82) is 0 Å². The molecule has 1 aliphatic heterocycles. The number of fused-ring (bicyclic) bond motifs is 1. The van der Waals surface area contributed by atoms with Gasteiger partial charge in [0.1, 0.15) is 0 Å². The molecule has 7 nitrogen and oxygen atoms in total. The van der Waals surface area contributed by atoms with E-state index in [4.69, 9.17) is 4.74 Å². The predicted molar refractivity (Wildman–Crippen MR) is 109 cm³/mol. The molecule has 9 heteroatoms. The highest BCUT2D eigenvalue weighted by molar-refractivity contribution is 7.89. The molecular formula is C19H19N3O4S2. The molecule has 1 amide bonds. The first-order chi connectivity index (χ1) is 13.4. The number of ether oxygens (including phenoxy) is 1. The molecule has 146 valence electrons. The highest BCUT2D eigenvalue weighted by Gasteiger charge is 2.26. The molecule has 28 heavy (non-hydrogen) atoms. The maximum absolute atomic E-state index is 12.9. The second kappa shape index (κ2) is 7.59. The van der Waals surface area contributed by atoms with Gasteiger partial charge in [0.05, 0.1) is 28.3 Å². The summed E-state index contributed by atoms with van der Waals surface area (Å²) in [5.41, 5.74) is 2.49. The lowest BCUT2D eigenvalue weighted by Gasteiger charge is -2.26. The van der Waals surface area contributed by atoms with Crippen LogP contribution in [0.2, 0.25) is 0 Å². The summed E-state index contributed by atoms with van der Waals surface area (Å²) in [5, 5.41) is 3.24. The largest absolute Gasteiger partial charge is 0.379 e. The first-order valence-electron chi connectivity index (χ1n) is 8.80. The number of carbonyl (C=O) groups excluding carboxylic acids is 1. The summed E-state index contributed by atoms with van der Waals surface area (Å²) in [7, 11) is -3.55. The van der Waals surface area contributed by atoms with Gasteiger partial charge >= 0.3 is 0 Å². The van der Waals surface area contributed by atoms with Crippen molar-refractivity contribution in [3.8, 4) is 11.1 Å². The predicted octanol–water partition coefficient (Wildman–Crippen LogP) is 2.94. The maximum atomic E-state index is 12.9. The number of benzene rings is 2. The van der Waals surface area contributed by atoms with Crippen LogP contribution in [0, 0.1) is 0 Å². The summed E-state index contributed by atoms with van der Waals surface area (Å²) < 4.78 is 33.5. The topological polar surface area (TPSA) is 88.6 Å². The van der Waals surface area contributed by atoms with Gasteiger partial charge in [-0.3, -0.25) is 4.79 Å². The Kier molecular flexibility index (Phi) is 5.15. The van der Waals surface area contributed by atoms with Crippen molar-refractivity contribution in [1.82, 2.24) is 9.29 Å². The van der Waals surface area contributed by atoms with Gasteiger partial charge in [-0.15, -0.1) is 0 Å². The monoisotopic (exact) mass is 417 g/mol. The average Bonchev–Trinajstić information content (AvgIpc) is 3.09. The lowest BCUT2D eigenvalue weighted by molar-refractivity contribution is -0.114. The summed E-state index contributed by atoms with van der Waals surface area (Å²) in [4.78, 5) is 15.9. The zero-order valence-corrected chi connectivity index (χ0v) is 16.8. The lowest BCUT2D eigenvalue weighted by atomic mass is 10.1. The van der Waals surface area contributed by atoms with E-state index in [0.29, 0.717) is 31.4 Å². The highest BCUT2D eigenvalue weighted by Crippen LogP contribution is 2.31.